The van der Waals surface area contributed by atoms with Gasteiger partial charge in [-0.2, -0.15) is 0 Å². The predicted octanol–water partition coefficient (Wildman–Crippen LogP) is 3.10. The van der Waals surface area contributed by atoms with Crippen LogP contribution in [0, 0.1) is 11.8 Å². The molecule has 2 rings (SSSR count). The van der Waals surface area contributed by atoms with Crippen LogP contribution in [0.15, 0.2) is 24.3 Å². The van der Waals surface area contributed by atoms with E-state index in [0.717, 1.165) is 12.8 Å². The Hall–Kier alpha value is -1.30. The van der Waals surface area contributed by atoms with Gasteiger partial charge in [-0.3, -0.25) is 9.59 Å². The Bertz CT molecular complexity index is 623. The Kier molecular flexibility index (Phi) is 8.87. The number of carbonyl (C=O) groups is 2. The molecule has 1 aliphatic heterocycles. The highest BCUT2D eigenvalue weighted by Crippen LogP contribution is 2.21. The highest BCUT2D eigenvalue weighted by molar-refractivity contribution is 6.33. The SMILES string of the molecule is CC(C)C(NC(=O)c1ccccc1Cl)C(=O)N1CCCC(C(C)N)C1.Cl. The fourth-order valence-corrected chi connectivity index (χ4v) is 3.44. The van der Waals surface area contributed by atoms with Crippen molar-refractivity contribution in [2.45, 2.75) is 45.7 Å². The van der Waals surface area contributed by atoms with Gasteiger partial charge in [-0.1, -0.05) is 37.6 Å². The van der Waals surface area contributed by atoms with E-state index in [2.05, 4.69) is 5.32 Å². The average molecular weight is 402 g/mol. The molecule has 5 nitrogen and oxygen atoms in total. The minimum Gasteiger partial charge on any atom is -0.341 e. The Morgan fingerprint density at radius 1 is 1.27 bits per heavy atom. The maximum Gasteiger partial charge on any atom is 0.253 e. The molecule has 0 spiro atoms. The van der Waals surface area contributed by atoms with Gasteiger partial charge in [-0.05, 0) is 43.7 Å². The van der Waals surface area contributed by atoms with E-state index in [9.17, 15) is 9.59 Å². The van der Waals surface area contributed by atoms with E-state index >= 15 is 0 Å². The van der Waals surface area contributed by atoms with Crippen molar-refractivity contribution >= 4 is 35.8 Å². The molecule has 26 heavy (non-hydrogen) atoms. The molecule has 3 atom stereocenters. The summed E-state index contributed by atoms with van der Waals surface area (Å²) in [6, 6.07) is 6.34. The van der Waals surface area contributed by atoms with E-state index in [0.29, 0.717) is 29.6 Å². The zero-order chi connectivity index (χ0) is 18.6. The summed E-state index contributed by atoms with van der Waals surface area (Å²) >= 11 is 6.09. The van der Waals surface area contributed by atoms with Crippen molar-refractivity contribution in [1.82, 2.24) is 10.2 Å². The van der Waals surface area contributed by atoms with Crippen LogP contribution in [0.3, 0.4) is 0 Å². The maximum atomic E-state index is 13.0. The molecule has 0 aromatic heterocycles. The number of piperidine rings is 1. The first-order chi connectivity index (χ1) is 11.8. The molecule has 146 valence electrons. The Morgan fingerprint density at radius 3 is 2.50 bits per heavy atom. The number of hydrogen-bond donors (Lipinski definition) is 2. The molecule has 2 amide bonds. The molecular weight excluding hydrogens is 373 g/mol. The van der Waals surface area contributed by atoms with Crippen molar-refractivity contribution in [3.05, 3.63) is 34.9 Å². The molecule has 0 aliphatic carbocycles. The first-order valence-corrected chi connectivity index (χ1v) is 9.28. The van der Waals surface area contributed by atoms with Crippen LogP contribution in [0.2, 0.25) is 5.02 Å². The lowest BCUT2D eigenvalue weighted by Crippen LogP contribution is -2.54. The van der Waals surface area contributed by atoms with Gasteiger partial charge in [-0.25, -0.2) is 0 Å². The Morgan fingerprint density at radius 2 is 1.92 bits per heavy atom. The van der Waals surface area contributed by atoms with Crippen molar-refractivity contribution in [3.8, 4) is 0 Å². The van der Waals surface area contributed by atoms with E-state index < -0.39 is 6.04 Å². The first-order valence-electron chi connectivity index (χ1n) is 8.91. The summed E-state index contributed by atoms with van der Waals surface area (Å²) in [6.45, 7) is 7.22. The minimum absolute atomic E-state index is 0. The fourth-order valence-electron chi connectivity index (χ4n) is 3.21. The number of nitrogens with two attached hydrogens (primary N) is 1. The second-order valence-electron chi connectivity index (χ2n) is 7.22. The third kappa shape index (κ3) is 5.60. The standard InChI is InChI=1S/C19H28ClN3O2.ClH/c1-12(2)17(22-18(24)15-8-4-5-9-16(15)20)19(25)23-10-6-7-14(11-23)13(3)21;/h4-5,8-9,12-14,17H,6-7,10-11,21H2,1-3H3,(H,22,24);1H. The molecule has 0 radical (unpaired) electrons. The molecule has 1 saturated heterocycles. The number of hydrogen-bond acceptors (Lipinski definition) is 3. The first kappa shape index (κ1) is 22.7. The molecular formula is C19H29Cl2N3O2. The molecule has 7 heteroatoms. The molecule has 3 unspecified atom stereocenters. The number of amides is 2. The minimum atomic E-state index is -0.574. The second kappa shape index (κ2) is 10.1. The van der Waals surface area contributed by atoms with Gasteiger partial charge >= 0.3 is 0 Å². The molecule has 3 N–H and O–H groups in total. The van der Waals surface area contributed by atoms with E-state index in [1.54, 1.807) is 24.3 Å². The van der Waals surface area contributed by atoms with Crippen molar-refractivity contribution in [2.75, 3.05) is 13.1 Å². The van der Waals surface area contributed by atoms with Crippen LogP contribution in [0.4, 0.5) is 0 Å². The van der Waals surface area contributed by atoms with Gasteiger partial charge in [0.05, 0.1) is 10.6 Å². The van der Waals surface area contributed by atoms with Crippen molar-refractivity contribution in [2.24, 2.45) is 17.6 Å². The number of nitrogens with one attached hydrogen (secondary N) is 1. The summed E-state index contributed by atoms with van der Waals surface area (Å²) in [7, 11) is 0. The molecule has 1 aliphatic rings. The highest BCUT2D eigenvalue weighted by atomic mass is 35.5. The summed E-state index contributed by atoms with van der Waals surface area (Å²) in [5.74, 6) is -0.0708. The zero-order valence-corrected chi connectivity index (χ0v) is 17.1. The predicted molar refractivity (Wildman–Crippen MR) is 108 cm³/mol. The molecule has 1 aromatic carbocycles. The summed E-state index contributed by atoms with van der Waals surface area (Å²) in [4.78, 5) is 27.4. The molecule has 1 aromatic rings. The topological polar surface area (TPSA) is 75.4 Å². The van der Waals surface area contributed by atoms with Crippen LogP contribution in [-0.4, -0.2) is 41.9 Å². The van der Waals surface area contributed by atoms with Crippen LogP contribution in [-0.2, 0) is 4.79 Å². The van der Waals surface area contributed by atoms with E-state index in [4.69, 9.17) is 17.3 Å². The monoisotopic (exact) mass is 401 g/mol. The number of likely N-dealkylation sites (tertiary alicyclic amines) is 1. The number of nitrogens with zero attached hydrogens (tertiary/aromatic N) is 1. The van der Waals surface area contributed by atoms with Crippen LogP contribution >= 0.6 is 24.0 Å². The van der Waals surface area contributed by atoms with Crippen molar-refractivity contribution < 1.29 is 9.59 Å². The van der Waals surface area contributed by atoms with Gasteiger partial charge in [0.25, 0.3) is 5.91 Å². The van der Waals surface area contributed by atoms with Crippen LogP contribution in [0.5, 0.6) is 0 Å². The van der Waals surface area contributed by atoms with Gasteiger partial charge in [0, 0.05) is 19.1 Å². The Balaban J connectivity index is 0.00000338. The van der Waals surface area contributed by atoms with Crippen LogP contribution < -0.4 is 11.1 Å². The van der Waals surface area contributed by atoms with Crippen molar-refractivity contribution in [3.63, 3.8) is 0 Å². The molecule has 1 fully saturated rings. The van der Waals surface area contributed by atoms with Gasteiger partial charge in [0.15, 0.2) is 0 Å². The normalized spacial score (nSPS) is 19.5. The Labute approximate surface area is 167 Å². The summed E-state index contributed by atoms with van der Waals surface area (Å²) in [6.07, 6.45) is 1.99. The average Bonchev–Trinajstić information content (AvgIpc) is 2.59. The lowest BCUT2D eigenvalue weighted by Gasteiger charge is -2.37. The number of halogens is 2. The van der Waals surface area contributed by atoms with Gasteiger partial charge in [0.2, 0.25) is 5.91 Å². The molecule has 1 heterocycles. The van der Waals surface area contributed by atoms with E-state index in [1.165, 1.54) is 0 Å². The fraction of sp³-hybridized carbons (Fsp3) is 0.579. The number of benzene rings is 1. The lowest BCUT2D eigenvalue weighted by molar-refractivity contribution is -0.136. The van der Waals surface area contributed by atoms with Gasteiger partial charge < -0.3 is 16.0 Å². The van der Waals surface area contributed by atoms with Crippen molar-refractivity contribution in [1.29, 1.82) is 0 Å². The number of rotatable bonds is 5. The highest BCUT2D eigenvalue weighted by Gasteiger charge is 2.33. The maximum absolute atomic E-state index is 13.0. The lowest BCUT2D eigenvalue weighted by atomic mass is 9.91. The summed E-state index contributed by atoms with van der Waals surface area (Å²) in [5.41, 5.74) is 6.40. The van der Waals surface area contributed by atoms with Gasteiger partial charge in [-0.15, -0.1) is 12.4 Å². The second-order valence-corrected chi connectivity index (χ2v) is 7.63. The molecule has 0 saturated carbocycles. The van der Waals surface area contributed by atoms with Crippen LogP contribution in [0.1, 0.15) is 44.0 Å². The number of carbonyl (C=O) groups excluding carboxylic acids is 2. The van der Waals surface area contributed by atoms with Gasteiger partial charge in [0.1, 0.15) is 6.04 Å². The quantitative estimate of drug-likeness (QED) is 0.795. The van der Waals surface area contributed by atoms with E-state index in [1.807, 2.05) is 25.7 Å². The smallest absolute Gasteiger partial charge is 0.253 e. The summed E-state index contributed by atoms with van der Waals surface area (Å²) in [5, 5.41) is 3.25. The third-order valence-corrected chi connectivity index (χ3v) is 5.18. The zero-order valence-electron chi connectivity index (χ0n) is 15.6. The van der Waals surface area contributed by atoms with E-state index in [-0.39, 0.29) is 36.2 Å². The third-order valence-electron chi connectivity index (χ3n) is 4.85. The molecule has 0 bridgehead atoms. The summed E-state index contributed by atoms with van der Waals surface area (Å²) < 4.78 is 0. The largest absolute Gasteiger partial charge is 0.341 e. The van der Waals surface area contributed by atoms with Crippen LogP contribution in [0.25, 0.3) is 0 Å².